The monoisotopic (exact) mass is 187 g/mol. The van der Waals surface area contributed by atoms with Crippen molar-refractivity contribution in [1.29, 1.82) is 5.26 Å². The van der Waals surface area contributed by atoms with Gasteiger partial charge in [-0.15, -0.1) is 0 Å². The summed E-state index contributed by atoms with van der Waals surface area (Å²) in [6.45, 7) is 6.10. The molecule has 0 aliphatic rings. The van der Waals surface area contributed by atoms with Gasteiger partial charge in [0.2, 0.25) is 0 Å². The predicted molar refractivity (Wildman–Crippen MR) is 48.0 cm³/mol. The van der Waals surface area contributed by atoms with E-state index in [-0.39, 0.29) is 12.7 Å². The Morgan fingerprint density at radius 2 is 1.69 bits per heavy atom. The Labute approximate surface area is 79.4 Å². The standard InChI is InChI=1S/C9H17NO3/c1-3-11-6-9(5-10)7-13-8-12-4-2/h9H,3-4,6-8H2,1-2H3. The van der Waals surface area contributed by atoms with Gasteiger partial charge in [-0.1, -0.05) is 0 Å². The highest BCUT2D eigenvalue weighted by Gasteiger charge is 2.06. The van der Waals surface area contributed by atoms with Gasteiger partial charge in [0, 0.05) is 13.2 Å². The predicted octanol–water partition coefficient (Wildman–Crippen LogP) is 1.17. The molecule has 0 saturated heterocycles. The number of nitrogens with zero attached hydrogens (tertiary/aromatic N) is 1. The second-order valence-electron chi connectivity index (χ2n) is 2.47. The molecule has 4 heteroatoms. The number of hydrogen-bond donors (Lipinski definition) is 0. The van der Waals surface area contributed by atoms with E-state index in [1.165, 1.54) is 0 Å². The van der Waals surface area contributed by atoms with Crippen molar-refractivity contribution < 1.29 is 14.2 Å². The van der Waals surface area contributed by atoms with E-state index in [0.29, 0.717) is 26.4 Å². The fraction of sp³-hybridized carbons (Fsp3) is 0.889. The van der Waals surface area contributed by atoms with Gasteiger partial charge in [-0.3, -0.25) is 0 Å². The van der Waals surface area contributed by atoms with Crippen molar-refractivity contribution in [3.05, 3.63) is 0 Å². The van der Waals surface area contributed by atoms with Crippen LogP contribution in [0, 0.1) is 17.2 Å². The summed E-state index contributed by atoms with van der Waals surface area (Å²) in [7, 11) is 0. The number of nitriles is 1. The van der Waals surface area contributed by atoms with E-state index in [4.69, 9.17) is 19.5 Å². The van der Waals surface area contributed by atoms with Crippen LogP contribution >= 0.6 is 0 Å². The minimum atomic E-state index is -0.194. The van der Waals surface area contributed by atoms with Crippen molar-refractivity contribution in [1.82, 2.24) is 0 Å². The third kappa shape index (κ3) is 7.72. The molecule has 0 heterocycles. The van der Waals surface area contributed by atoms with Crippen LogP contribution in [0.2, 0.25) is 0 Å². The van der Waals surface area contributed by atoms with Gasteiger partial charge >= 0.3 is 0 Å². The molecule has 13 heavy (non-hydrogen) atoms. The Morgan fingerprint density at radius 1 is 1.08 bits per heavy atom. The molecular formula is C9H17NO3. The Hall–Kier alpha value is -0.630. The van der Waals surface area contributed by atoms with Gasteiger partial charge in [-0.05, 0) is 13.8 Å². The van der Waals surface area contributed by atoms with Crippen molar-refractivity contribution in [2.75, 3.05) is 33.2 Å². The van der Waals surface area contributed by atoms with Crippen molar-refractivity contribution in [3.63, 3.8) is 0 Å². The number of rotatable bonds is 8. The fourth-order valence-corrected chi connectivity index (χ4v) is 0.715. The fourth-order valence-electron chi connectivity index (χ4n) is 0.715. The van der Waals surface area contributed by atoms with Gasteiger partial charge < -0.3 is 14.2 Å². The molecule has 0 saturated carbocycles. The van der Waals surface area contributed by atoms with Gasteiger partial charge in [0.1, 0.15) is 6.79 Å². The zero-order valence-corrected chi connectivity index (χ0v) is 8.28. The molecule has 0 fully saturated rings. The second kappa shape index (κ2) is 9.46. The first-order valence-corrected chi connectivity index (χ1v) is 4.48. The third-order valence-corrected chi connectivity index (χ3v) is 1.40. The second-order valence-corrected chi connectivity index (χ2v) is 2.47. The molecule has 0 amide bonds. The smallest absolute Gasteiger partial charge is 0.146 e. The van der Waals surface area contributed by atoms with Gasteiger partial charge in [0.15, 0.2) is 0 Å². The summed E-state index contributed by atoms with van der Waals surface area (Å²) in [5.41, 5.74) is 0. The van der Waals surface area contributed by atoms with Gasteiger partial charge in [0.05, 0.1) is 25.2 Å². The minimum absolute atomic E-state index is 0.194. The average molecular weight is 187 g/mol. The lowest BCUT2D eigenvalue weighted by Crippen LogP contribution is -2.15. The largest absolute Gasteiger partial charge is 0.380 e. The van der Waals surface area contributed by atoms with E-state index < -0.39 is 0 Å². The van der Waals surface area contributed by atoms with Crippen LogP contribution in [0.15, 0.2) is 0 Å². The Bertz CT molecular complexity index is 144. The van der Waals surface area contributed by atoms with Crippen molar-refractivity contribution in [3.8, 4) is 6.07 Å². The summed E-state index contributed by atoms with van der Waals surface area (Å²) >= 11 is 0. The molecule has 0 N–H and O–H groups in total. The lowest BCUT2D eigenvalue weighted by atomic mass is 10.2. The first-order valence-electron chi connectivity index (χ1n) is 4.48. The summed E-state index contributed by atoms with van der Waals surface area (Å²) in [6.07, 6.45) is 0. The SMILES string of the molecule is CCOCOCC(C#N)COCC. The van der Waals surface area contributed by atoms with E-state index >= 15 is 0 Å². The van der Waals surface area contributed by atoms with Crippen LogP contribution in [0.25, 0.3) is 0 Å². The van der Waals surface area contributed by atoms with E-state index in [1.807, 2.05) is 13.8 Å². The highest BCUT2D eigenvalue weighted by atomic mass is 16.7. The maximum absolute atomic E-state index is 8.66. The highest BCUT2D eigenvalue weighted by molar-refractivity contribution is 4.81. The van der Waals surface area contributed by atoms with Crippen LogP contribution in [0.5, 0.6) is 0 Å². The topological polar surface area (TPSA) is 51.5 Å². The van der Waals surface area contributed by atoms with Crippen LogP contribution in [-0.4, -0.2) is 33.2 Å². The van der Waals surface area contributed by atoms with Crippen molar-refractivity contribution in [2.24, 2.45) is 5.92 Å². The van der Waals surface area contributed by atoms with E-state index in [9.17, 15) is 0 Å². The lowest BCUT2D eigenvalue weighted by Gasteiger charge is -2.09. The van der Waals surface area contributed by atoms with Crippen LogP contribution < -0.4 is 0 Å². The third-order valence-electron chi connectivity index (χ3n) is 1.40. The Morgan fingerprint density at radius 3 is 2.23 bits per heavy atom. The zero-order chi connectivity index (χ0) is 9.94. The molecule has 0 aliphatic carbocycles. The van der Waals surface area contributed by atoms with Crippen LogP contribution in [0.1, 0.15) is 13.8 Å². The first kappa shape index (κ1) is 12.4. The summed E-state index contributed by atoms with van der Waals surface area (Å²) < 4.78 is 15.2. The Balaban J connectivity index is 3.32. The van der Waals surface area contributed by atoms with E-state index in [0.717, 1.165) is 0 Å². The lowest BCUT2D eigenvalue weighted by molar-refractivity contribution is -0.0619. The minimum Gasteiger partial charge on any atom is -0.380 e. The molecule has 76 valence electrons. The van der Waals surface area contributed by atoms with Crippen molar-refractivity contribution in [2.45, 2.75) is 13.8 Å². The maximum atomic E-state index is 8.66. The van der Waals surface area contributed by atoms with Gasteiger partial charge in [-0.25, -0.2) is 0 Å². The Kier molecular flexibility index (Phi) is 9.00. The molecule has 0 bridgehead atoms. The molecule has 0 rings (SSSR count). The normalized spacial score (nSPS) is 12.4. The average Bonchev–Trinajstić information content (AvgIpc) is 2.17. The number of hydrogen-bond acceptors (Lipinski definition) is 4. The first-order chi connectivity index (χ1) is 6.35. The van der Waals surface area contributed by atoms with E-state index in [1.54, 1.807) is 0 Å². The van der Waals surface area contributed by atoms with Gasteiger partial charge in [-0.2, -0.15) is 5.26 Å². The van der Waals surface area contributed by atoms with Crippen molar-refractivity contribution >= 4 is 0 Å². The van der Waals surface area contributed by atoms with Crippen LogP contribution in [0.3, 0.4) is 0 Å². The molecule has 0 aliphatic heterocycles. The zero-order valence-electron chi connectivity index (χ0n) is 8.28. The number of ether oxygens (including phenoxy) is 3. The summed E-state index contributed by atoms with van der Waals surface area (Å²) in [5, 5.41) is 8.66. The summed E-state index contributed by atoms with van der Waals surface area (Å²) in [6, 6.07) is 2.11. The van der Waals surface area contributed by atoms with Gasteiger partial charge in [0.25, 0.3) is 0 Å². The molecule has 4 nitrogen and oxygen atoms in total. The summed E-state index contributed by atoms with van der Waals surface area (Å²) in [4.78, 5) is 0. The molecular weight excluding hydrogens is 170 g/mol. The summed E-state index contributed by atoms with van der Waals surface area (Å²) in [5.74, 6) is -0.194. The molecule has 1 atom stereocenters. The van der Waals surface area contributed by atoms with Crippen LogP contribution in [-0.2, 0) is 14.2 Å². The molecule has 0 aromatic heterocycles. The highest BCUT2D eigenvalue weighted by Crippen LogP contribution is 1.96. The van der Waals surface area contributed by atoms with Crippen LogP contribution in [0.4, 0.5) is 0 Å². The molecule has 0 aromatic rings. The molecule has 1 unspecified atom stereocenters. The van der Waals surface area contributed by atoms with E-state index in [2.05, 4.69) is 6.07 Å². The molecule has 0 aromatic carbocycles. The maximum Gasteiger partial charge on any atom is 0.146 e. The molecule has 0 spiro atoms. The molecule has 0 radical (unpaired) electrons. The quantitative estimate of drug-likeness (QED) is 0.423.